The molecule has 104 valence electrons. The minimum atomic E-state index is -0.681. The van der Waals surface area contributed by atoms with Crippen LogP contribution >= 0.6 is 0 Å². The summed E-state index contributed by atoms with van der Waals surface area (Å²) in [6.07, 6.45) is 1.64. The number of ether oxygens (including phenoxy) is 1. The number of hydrogen-bond acceptors (Lipinski definition) is 3. The Morgan fingerprint density at radius 2 is 1.95 bits per heavy atom. The fourth-order valence-corrected chi connectivity index (χ4v) is 2.13. The lowest BCUT2D eigenvalue weighted by atomic mass is 9.90. The van der Waals surface area contributed by atoms with E-state index >= 15 is 0 Å². The number of likely N-dealkylation sites (tertiary alicyclic amines) is 1. The summed E-state index contributed by atoms with van der Waals surface area (Å²) < 4.78 is 5.48. The summed E-state index contributed by atoms with van der Waals surface area (Å²) >= 11 is 0. The molecule has 0 unspecified atom stereocenters. The van der Waals surface area contributed by atoms with Crippen LogP contribution in [0.1, 0.15) is 37.0 Å². The van der Waals surface area contributed by atoms with Gasteiger partial charge in [-0.3, -0.25) is 4.79 Å². The second kappa shape index (κ2) is 5.61. The third-order valence-corrected chi connectivity index (χ3v) is 3.49. The molecule has 0 saturated carbocycles. The standard InChI is InChI=1S/C15H21NO3/c1-3-9-19-13-7-5-12(6-8-13)14(17)16-10-15(18,4-2)11-16/h5-8,18H,3-4,9-11H2,1-2H3. The molecule has 1 fully saturated rings. The third kappa shape index (κ3) is 3.07. The van der Waals surface area contributed by atoms with Crippen LogP contribution in [0.2, 0.25) is 0 Å². The first-order valence-corrected chi connectivity index (χ1v) is 6.82. The SMILES string of the molecule is CCCOc1ccc(C(=O)N2CC(O)(CC)C2)cc1. The molecule has 1 saturated heterocycles. The zero-order chi connectivity index (χ0) is 13.9. The molecule has 0 radical (unpaired) electrons. The van der Waals surface area contributed by atoms with Crippen molar-refractivity contribution in [3.05, 3.63) is 29.8 Å². The quantitative estimate of drug-likeness (QED) is 0.884. The average Bonchev–Trinajstić information content (AvgIpc) is 2.41. The number of hydrogen-bond donors (Lipinski definition) is 1. The van der Waals surface area contributed by atoms with Gasteiger partial charge in [-0.2, -0.15) is 0 Å². The van der Waals surface area contributed by atoms with E-state index in [1.165, 1.54) is 0 Å². The maximum Gasteiger partial charge on any atom is 0.254 e. The van der Waals surface area contributed by atoms with E-state index in [1.54, 1.807) is 17.0 Å². The fourth-order valence-electron chi connectivity index (χ4n) is 2.13. The van der Waals surface area contributed by atoms with Crippen LogP contribution in [0.4, 0.5) is 0 Å². The van der Waals surface area contributed by atoms with Gasteiger partial charge in [0.2, 0.25) is 0 Å². The number of carbonyl (C=O) groups excluding carboxylic acids is 1. The predicted molar refractivity (Wildman–Crippen MR) is 73.4 cm³/mol. The Balaban J connectivity index is 1.94. The first kappa shape index (κ1) is 13.9. The zero-order valence-electron chi connectivity index (χ0n) is 11.6. The summed E-state index contributed by atoms with van der Waals surface area (Å²) in [6, 6.07) is 7.18. The highest BCUT2D eigenvalue weighted by Gasteiger charge is 2.42. The van der Waals surface area contributed by atoms with E-state index in [2.05, 4.69) is 6.92 Å². The number of amides is 1. The normalized spacial score (nSPS) is 16.9. The Kier molecular flexibility index (Phi) is 4.10. The molecule has 0 atom stereocenters. The van der Waals surface area contributed by atoms with Crippen molar-refractivity contribution >= 4 is 5.91 Å². The largest absolute Gasteiger partial charge is 0.494 e. The molecule has 0 aromatic heterocycles. The van der Waals surface area contributed by atoms with Crippen LogP contribution in [0, 0.1) is 0 Å². The van der Waals surface area contributed by atoms with Crippen molar-refractivity contribution in [1.29, 1.82) is 0 Å². The Labute approximate surface area is 114 Å². The molecule has 0 spiro atoms. The van der Waals surface area contributed by atoms with Crippen molar-refractivity contribution in [2.75, 3.05) is 19.7 Å². The summed E-state index contributed by atoms with van der Waals surface area (Å²) in [4.78, 5) is 13.8. The lowest BCUT2D eigenvalue weighted by molar-refractivity contribution is -0.0826. The number of nitrogens with zero attached hydrogens (tertiary/aromatic N) is 1. The van der Waals surface area contributed by atoms with Gasteiger partial charge in [-0.15, -0.1) is 0 Å². The highest BCUT2D eigenvalue weighted by molar-refractivity contribution is 5.95. The Hall–Kier alpha value is -1.55. The minimum absolute atomic E-state index is 0.0276. The number of aliphatic hydroxyl groups is 1. The zero-order valence-corrected chi connectivity index (χ0v) is 11.6. The monoisotopic (exact) mass is 263 g/mol. The molecule has 4 nitrogen and oxygen atoms in total. The molecule has 0 aliphatic carbocycles. The first-order chi connectivity index (χ1) is 9.08. The molecular weight excluding hydrogens is 242 g/mol. The van der Waals surface area contributed by atoms with Gasteiger partial charge in [-0.1, -0.05) is 13.8 Å². The highest BCUT2D eigenvalue weighted by atomic mass is 16.5. The predicted octanol–water partition coefficient (Wildman–Crippen LogP) is 2.07. The van der Waals surface area contributed by atoms with Gasteiger partial charge in [-0.25, -0.2) is 0 Å². The van der Waals surface area contributed by atoms with Crippen molar-refractivity contribution < 1.29 is 14.6 Å². The summed E-state index contributed by atoms with van der Waals surface area (Å²) in [7, 11) is 0. The van der Waals surface area contributed by atoms with Crippen LogP contribution in [0.15, 0.2) is 24.3 Å². The van der Waals surface area contributed by atoms with Gasteiger partial charge in [0.1, 0.15) is 5.75 Å². The number of benzene rings is 1. The van der Waals surface area contributed by atoms with Crippen molar-refractivity contribution in [2.45, 2.75) is 32.3 Å². The first-order valence-electron chi connectivity index (χ1n) is 6.82. The molecular formula is C15H21NO3. The van der Waals surface area contributed by atoms with Crippen molar-refractivity contribution in [2.24, 2.45) is 0 Å². The molecule has 1 aliphatic heterocycles. The molecule has 1 aromatic rings. The molecule has 2 rings (SSSR count). The maximum absolute atomic E-state index is 12.1. The molecule has 19 heavy (non-hydrogen) atoms. The van der Waals surface area contributed by atoms with Crippen LogP contribution < -0.4 is 4.74 Å². The molecule has 1 aromatic carbocycles. The fraction of sp³-hybridized carbons (Fsp3) is 0.533. The number of carbonyl (C=O) groups is 1. The van der Waals surface area contributed by atoms with Gasteiger partial charge in [0.15, 0.2) is 0 Å². The molecule has 1 aliphatic rings. The van der Waals surface area contributed by atoms with Crippen LogP contribution in [0.3, 0.4) is 0 Å². The van der Waals surface area contributed by atoms with Gasteiger partial charge in [0.25, 0.3) is 5.91 Å². The lowest BCUT2D eigenvalue weighted by Crippen LogP contribution is -2.63. The topological polar surface area (TPSA) is 49.8 Å². The number of rotatable bonds is 5. The van der Waals surface area contributed by atoms with Crippen molar-refractivity contribution in [3.63, 3.8) is 0 Å². The Bertz CT molecular complexity index is 435. The van der Waals surface area contributed by atoms with Gasteiger partial charge in [-0.05, 0) is 37.1 Å². The lowest BCUT2D eigenvalue weighted by Gasteiger charge is -2.46. The van der Waals surface area contributed by atoms with E-state index in [-0.39, 0.29) is 5.91 Å². The van der Waals surface area contributed by atoms with Crippen molar-refractivity contribution in [3.8, 4) is 5.75 Å². The molecule has 4 heteroatoms. The average molecular weight is 263 g/mol. The molecule has 1 N–H and O–H groups in total. The van der Waals surface area contributed by atoms with Crippen molar-refractivity contribution in [1.82, 2.24) is 4.90 Å². The van der Waals surface area contributed by atoms with E-state index < -0.39 is 5.60 Å². The van der Waals surface area contributed by atoms with E-state index in [4.69, 9.17) is 4.74 Å². The summed E-state index contributed by atoms with van der Waals surface area (Å²) in [5.74, 6) is 0.757. The van der Waals surface area contributed by atoms with Crippen LogP contribution in [0.5, 0.6) is 5.75 Å². The van der Waals surface area contributed by atoms with E-state index in [1.807, 2.05) is 19.1 Å². The summed E-state index contributed by atoms with van der Waals surface area (Å²) in [5.41, 5.74) is -0.0400. The van der Waals surface area contributed by atoms with E-state index in [0.29, 0.717) is 31.7 Å². The van der Waals surface area contributed by atoms with E-state index in [9.17, 15) is 9.90 Å². The second-order valence-corrected chi connectivity index (χ2v) is 5.11. The van der Waals surface area contributed by atoms with Crippen LogP contribution in [0.25, 0.3) is 0 Å². The Morgan fingerprint density at radius 3 is 2.47 bits per heavy atom. The van der Waals surface area contributed by atoms with Crippen LogP contribution in [-0.4, -0.2) is 41.2 Å². The second-order valence-electron chi connectivity index (χ2n) is 5.11. The number of β-amino-alcohol motifs (C(OH)–C–C–N with tert-alkyl or cyclic N) is 1. The van der Waals surface area contributed by atoms with Crippen LogP contribution in [-0.2, 0) is 0 Å². The summed E-state index contributed by atoms with van der Waals surface area (Å²) in [6.45, 7) is 5.52. The van der Waals surface area contributed by atoms with Gasteiger partial charge < -0.3 is 14.7 Å². The van der Waals surface area contributed by atoms with Gasteiger partial charge >= 0.3 is 0 Å². The van der Waals surface area contributed by atoms with E-state index in [0.717, 1.165) is 12.2 Å². The highest BCUT2D eigenvalue weighted by Crippen LogP contribution is 2.26. The third-order valence-electron chi connectivity index (χ3n) is 3.49. The minimum Gasteiger partial charge on any atom is -0.494 e. The Morgan fingerprint density at radius 1 is 1.32 bits per heavy atom. The smallest absolute Gasteiger partial charge is 0.254 e. The van der Waals surface area contributed by atoms with Gasteiger partial charge in [0.05, 0.1) is 25.3 Å². The summed E-state index contributed by atoms with van der Waals surface area (Å²) in [5, 5.41) is 9.91. The molecule has 0 bridgehead atoms. The maximum atomic E-state index is 12.1. The van der Waals surface area contributed by atoms with Gasteiger partial charge in [0, 0.05) is 5.56 Å². The molecule has 1 heterocycles. The molecule has 1 amide bonds.